The standard InChI is InChI=1S/C38H50N2O2/c41-34(37-16-25-4-26(17-37)6-27(5-25)18-37)39-32-10-31(36-13-22-1-23(14-36)3-24(2-22)15-36)11-33(12-32)40-35(42)38-19-28-7-29(20-38)9-30(8-28)21-38/h10-12,22-30H,1-9,13-21H2,(H,39,41)(H,40,42). The van der Waals surface area contributed by atoms with Crippen LogP contribution in [0.2, 0.25) is 0 Å². The molecular formula is C38H50N2O2. The topological polar surface area (TPSA) is 58.2 Å². The molecule has 4 heteroatoms. The summed E-state index contributed by atoms with van der Waals surface area (Å²) in [5.74, 6) is 7.72. The van der Waals surface area contributed by atoms with Crippen LogP contribution in [0, 0.1) is 64.1 Å². The van der Waals surface area contributed by atoms with Gasteiger partial charge in [0.15, 0.2) is 0 Å². The smallest absolute Gasteiger partial charge is 0.230 e. The number of rotatable bonds is 5. The van der Waals surface area contributed by atoms with Gasteiger partial charge >= 0.3 is 0 Å². The number of hydrogen-bond acceptors (Lipinski definition) is 2. The quantitative estimate of drug-likeness (QED) is 0.376. The summed E-state index contributed by atoms with van der Waals surface area (Å²) in [5, 5.41) is 7.06. The molecule has 0 atom stereocenters. The molecule has 12 fully saturated rings. The molecule has 0 aromatic heterocycles. The van der Waals surface area contributed by atoms with Crippen LogP contribution in [-0.2, 0) is 15.0 Å². The van der Waals surface area contributed by atoms with Crippen molar-refractivity contribution in [2.75, 3.05) is 10.6 Å². The van der Waals surface area contributed by atoms with Gasteiger partial charge < -0.3 is 10.6 Å². The molecule has 42 heavy (non-hydrogen) atoms. The second-order valence-electron chi connectivity index (χ2n) is 18.3. The predicted molar refractivity (Wildman–Crippen MR) is 165 cm³/mol. The summed E-state index contributed by atoms with van der Waals surface area (Å²) in [6, 6.07) is 6.83. The predicted octanol–water partition coefficient (Wildman–Crippen LogP) is 8.46. The van der Waals surface area contributed by atoms with Gasteiger partial charge in [0.1, 0.15) is 0 Å². The summed E-state index contributed by atoms with van der Waals surface area (Å²) in [4.78, 5) is 28.4. The lowest BCUT2D eigenvalue weighted by atomic mass is 9.48. The molecule has 12 aliphatic rings. The fourth-order valence-corrected chi connectivity index (χ4v) is 14.8. The van der Waals surface area contributed by atoms with Crippen LogP contribution in [0.4, 0.5) is 11.4 Å². The normalized spacial score (nSPS) is 50.3. The Hall–Kier alpha value is -1.84. The fourth-order valence-electron chi connectivity index (χ4n) is 14.8. The van der Waals surface area contributed by atoms with Crippen LogP contribution in [-0.4, -0.2) is 11.8 Å². The van der Waals surface area contributed by atoms with Crippen molar-refractivity contribution in [1.82, 2.24) is 0 Å². The molecule has 12 bridgehead atoms. The molecule has 0 radical (unpaired) electrons. The Labute approximate surface area is 251 Å². The molecule has 224 valence electrons. The molecular weight excluding hydrogens is 516 g/mol. The van der Waals surface area contributed by atoms with Crippen LogP contribution in [0.1, 0.15) is 121 Å². The Morgan fingerprint density at radius 2 is 0.738 bits per heavy atom. The summed E-state index contributed by atoms with van der Waals surface area (Å²) < 4.78 is 0. The van der Waals surface area contributed by atoms with Gasteiger partial charge in [-0.2, -0.15) is 0 Å². The van der Waals surface area contributed by atoms with Crippen molar-refractivity contribution in [3.63, 3.8) is 0 Å². The van der Waals surface area contributed by atoms with Gasteiger partial charge in [0, 0.05) is 11.4 Å². The lowest BCUT2D eigenvalue weighted by Crippen LogP contribution is -2.52. The molecule has 2 amide bonds. The van der Waals surface area contributed by atoms with Crippen molar-refractivity contribution >= 4 is 23.2 Å². The van der Waals surface area contributed by atoms with Gasteiger partial charge in [-0.1, -0.05) is 0 Å². The number of benzene rings is 1. The van der Waals surface area contributed by atoms with Gasteiger partial charge in [-0.25, -0.2) is 0 Å². The van der Waals surface area contributed by atoms with Gasteiger partial charge in [-0.15, -0.1) is 0 Å². The van der Waals surface area contributed by atoms with Crippen LogP contribution >= 0.6 is 0 Å². The highest BCUT2D eigenvalue weighted by molar-refractivity contribution is 5.99. The van der Waals surface area contributed by atoms with E-state index in [1.54, 1.807) is 0 Å². The minimum Gasteiger partial charge on any atom is -0.326 e. The molecule has 0 saturated heterocycles. The van der Waals surface area contributed by atoms with E-state index < -0.39 is 0 Å². The van der Waals surface area contributed by atoms with Crippen molar-refractivity contribution in [3.8, 4) is 0 Å². The van der Waals surface area contributed by atoms with E-state index in [2.05, 4.69) is 28.8 Å². The van der Waals surface area contributed by atoms with E-state index in [-0.39, 0.29) is 28.1 Å². The fraction of sp³-hybridized carbons (Fsp3) is 0.789. The lowest BCUT2D eigenvalue weighted by Gasteiger charge is -2.57. The molecule has 12 saturated carbocycles. The summed E-state index contributed by atoms with van der Waals surface area (Å²) >= 11 is 0. The number of carbonyl (C=O) groups excluding carboxylic acids is 2. The first kappa shape index (κ1) is 25.5. The van der Waals surface area contributed by atoms with E-state index >= 15 is 0 Å². The first-order chi connectivity index (χ1) is 20.3. The maximum Gasteiger partial charge on any atom is 0.230 e. The maximum absolute atomic E-state index is 14.2. The molecule has 1 aromatic carbocycles. The summed E-state index contributed by atoms with van der Waals surface area (Å²) in [5.41, 5.74) is 3.22. The monoisotopic (exact) mass is 566 g/mol. The Balaban J connectivity index is 0.984. The molecule has 0 spiro atoms. The highest BCUT2D eigenvalue weighted by Gasteiger charge is 2.56. The Bertz CT molecular complexity index is 1160. The Kier molecular flexibility index (Phi) is 5.25. The number of hydrogen-bond donors (Lipinski definition) is 2. The zero-order valence-corrected chi connectivity index (χ0v) is 25.5. The van der Waals surface area contributed by atoms with Crippen molar-refractivity contribution in [1.29, 1.82) is 0 Å². The Morgan fingerprint density at radius 1 is 0.452 bits per heavy atom. The first-order valence-corrected chi connectivity index (χ1v) is 18.1. The zero-order chi connectivity index (χ0) is 27.8. The average molecular weight is 567 g/mol. The average Bonchev–Trinajstić information content (AvgIpc) is 2.91. The number of nitrogens with one attached hydrogen (secondary N) is 2. The van der Waals surface area contributed by atoms with Gasteiger partial charge in [0.05, 0.1) is 10.8 Å². The van der Waals surface area contributed by atoms with Crippen molar-refractivity contribution < 1.29 is 9.59 Å². The second kappa shape index (κ2) is 8.66. The summed E-state index contributed by atoms with van der Waals surface area (Å²) in [7, 11) is 0. The third-order valence-corrected chi connectivity index (χ3v) is 15.1. The molecule has 0 aliphatic heterocycles. The molecule has 13 rings (SSSR count). The van der Waals surface area contributed by atoms with Crippen LogP contribution in [0.25, 0.3) is 0 Å². The summed E-state index contributed by atoms with van der Waals surface area (Å²) in [6.45, 7) is 0. The third kappa shape index (κ3) is 3.84. The van der Waals surface area contributed by atoms with Crippen molar-refractivity contribution in [3.05, 3.63) is 23.8 Å². The second-order valence-corrected chi connectivity index (χ2v) is 18.3. The Morgan fingerprint density at radius 3 is 1.05 bits per heavy atom. The van der Waals surface area contributed by atoms with Gasteiger partial charge in [-0.3, -0.25) is 9.59 Å². The molecule has 12 aliphatic carbocycles. The largest absolute Gasteiger partial charge is 0.326 e. The van der Waals surface area contributed by atoms with E-state index in [0.717, 1.165) is 103 Å². The minimum absolute atomic E-state index is 0.159. The molecule has 1 aromatic rings. The van der Waals surface area contributed by atoms with Gasteiger partial charge in [0.25, 0.3) is 0 Å². The van der Waals surface area contributed by atoms with E-state index in [1.807, 2.05) is 0 Å². The summed E-state index contributed by atoms with van der Waals surface area (Å²) in [6.07, 6.45) is 22.9. The lowest BCUT2D eigenvalue weighted by molar-refractivity contribution is -0.140. The van der Waals surface area contributed by atoms with Crippen molar-refractivity contribution in [2.45, 2.75) is 121 Å². The van der Waals surface area contributed by atoms with E-state index in [9.17, 15) is 9.59 Å². The van der Waals surface area contributed by atoms with E-state index in [1.165, 1.54) is 82.6 Å². The third-order valence-electron chi connectivity index (χ3n) is 15.1. The van der Waals surface area contributed by atoms with Crippen molar-refractivity contribution in [2.24, 2.45) is 64.1 Å². The van der Waals surface area contributed by atoms with E-state index in [0.29, 0.717) is 0 Å². The van der Waals surface area contributed by atoms with Gasteiger partial charge in [0.2, 0.25) is 11.8 Å². The molecule has 2 N–H and O–H groups in total. The number of carbonyl (C=O) groups is 2. The van der Waals surface area contributed by atoms with Gasteiger partial charge in [-0.05, 0) is 198 Å². The zero-order valence-electron chi connectivity index (χ0n) is 25.5. The molecule has 0 unspecified atom stereocenters. The van der Waals surface area contributed by atoms with Crippen LogP contribution < -0.4 is 10.6 Å². The molecule has 4 nitrogen and oxygen atoms in total. The first-order valence-electron chi connectivity index (χ1n) is 18.1. The highest BCUT2D eigenvalue weighted by Crippen LogP contribution is 2.63. The minimum atomic E-state index is -0.159. The number of anilines is 2. The SMILES string of the molecule is O=C(Nc1cc(NC(=O)C23CC4CC(CC(C4)C2)C3)cc(C23CC4CC(CC(C4)C2)C3)c1)C12CC3CC(CC(C3)C1)C2. The number of amides is 2. The highest BCUT2D eigenvalue weighted by atomic mass is 16.2. The van der Waals surface area contributed by atoms with Crippen LogP contribution in [0.15, 0.2) is 18.2 Å². The van der Waals surface area contributed by atoms with Crippen LogP contribution in [0.5, 0.6) is 0 Å². The van der Waals surface area contributed by atoms with Crippen LogP contribution in [0.3, 0.4) is 0 Å². The van der Waals surface area contributed by atoms with E-state index in [4.69, 9.17) is 0 Å². The maximum atomic E-state index is 14.2. The molecule has 0 heterocycles.